The van der Waals surface area contributed by atoms with E-state index in [1.54, 1.807) is 7.11 Å². The molecule has 0 bridgehead atoms. The van der Waals surface area contributed by atoms with Gasteiger partial charge >= 0.3 is 0 Å². The standard InChI is InChI=1S/C14H20N2OS/c1-17-12-2-3-14-13(8-12)11(10-18-14)9-16-6-4-15-5-7-16/h2-3,8,11,15H,4-7,9-10H2,1H3. The van der Waals surface area contributed by atoms with Crippen molar-refractivity contribution in [3.63, 3.8) is 0 Å². The van der Waals surface area contributed by atoms with Crippen molar-refractivity contribution in [3.05, 3.63) is 23.8 Å². The molecule has 2 aliphatic rings. The van der Waals surface area contributed by atoms with E-state index in [-0.39, 0.29) is 0 Å². The molecule has 1 fully saturated rings. The number of piperazine rings is 1. The van der Waals surface area contributed by atoms with E-state index in [0.29, 0.717) is 5.92 Å². The average molecular weight is 264 g/mol. The van der Waals surface area contributed by atoms with Crippen molar-refractivity contribution in [2.24, 2.45) is 0 Å². The van der Waals surface area contributed by atoms with Crippen LogP contribution in [-0.4, -0.2) is 50.5 Å². The molecular weight excluding hydrogens is 244 g/mol. The molecule has 18 heavy (non-hydrogen) atoms. The molecule has 0 aromatic heterocycles. The van der Waals surface area contributed by atoms with Crippen LogP contribution in [0.25, 0.3) is 0 Å². The summed E-state index contributed by atoms with van der Waals surface area (Å²) in [5.41, 5.74) is 1.48. The molecule has 0 radical (unpaired) electrons. The highest BCUT2D eigenvalue weighted by atomic mass is 32.2. The zero-order chi connectivity index (χ0) is 12.4. The van der Waals surface area contributed by atoms with Gasteiger partial charge in [-0.3, -0.25) is 0 Å². The predicted molar refractivity (Wildman–Crippen MR) is 75.8 cm³/mol. The molecule has 4 heteroatoms. The second kappa shape index (κ2) is 5.51. The third kappa shape index (κ3) is 2.51. The first-order valence-corrected chi connectivity index (χ1v) is 7.59. The molecule has 0 saturated carbocycles. The SMILES string of the molecule is COc1ccc2c(c1)C(CN1CCNCC1)CS2. The van der Waals surface area contributed by atoms with E-state index >= 15 is 0 Å². The van der Waals surface area contributed by atoms with Crippen molar-refractivity contribution in [3.8, 4) is 5.75 Å². The van der Waals surface area contributed by atoms with Crippen molar-refractivity contribution in [2.45, 2.75) is 10.8 Å². The molecular formula is C14H20N2OS. The van der Waals surface area contributed by atoms with Crippen LogP contribution >= 0.6 is 11.8 Å². The van der Waals surface area contributed by atoms with Crippen LogP contribution in [0.1, 0.15) is 11.5 Å². The largest absolute Gasteiger partial charge is 0.497 e. The highest BCUT2D eigenvalue weighted by Gasteiger charge is 2.26. The highest BCUT2D eigenvalue weighted by Crippen LogP contribution is 2.41. The quantitative estimate of drug-likeness (QED) is 0.899. The van der Waals surface area contributed by atoms with E-state index in [1.807, 2.05) is 11.8 Å². The van der Waals surface area contributed by atoms with Crippen LogP contribution in [0.15, 0.2) is 23.1 Å². The van der Waals surface area contributed by atoms with Crippen LogP contribution in [0, 0.1) is 0 Å². The first-order valence-electron chi connectivity index (χ1n) is 6.60. The van der Waals surface area contributed by atoms with Crippen LogP contribution in [0.5, 0.6) is 5.75 Å². The minimum absolute atomic E-state index is 0.665. The Balaban J connectivity index is 1.72. The van der Waals surface area contributed by atoms with E-state index in [4.69, 9.17) is 4.74 Å². The second-order valence-electron chi connectivity index (χ2n) is 4.96. The summed E-state index contributed by atoms with van der Waals surface area (Å²) < 4.78 is 5.34. The third-order valence-electron chi connectivity index (χ3n) is 3.79. The third-order valence-corrected chi connectivity index (χ3v) is 5.04. The number of benzene rings is 1. The van der Waals surface area contributed by atoms with Gasteiger partial charge in [0, 0.05) is 49.3 Å². The second-order valence-corrected chi connectivity index (χ2v) is 6.02. The van der Waals surface area contributed by atoms with Gasteiger partial charge in [0.2, 0.25) is 0 Å². The zero-order valence-corrected chi connectivity index (χ0v) is 11.6. The summed E-state index contributed by atoms with van der Waals surface area (Å²) in [7, 11) is 1.75. The number of methoxy groups -OCH3 is 1. The number of ether oxygens (including phenoxy) is 1. The lowest BCUT2D eigenvalue weighted by atomic mass is 10.00. The first kappa shape index (κ1) is 12.3. The number of thioether (sulfide) groups is 1. The van der Waals surface area contributed by atoms with Gasteiger partial charge < -0.3 is 15.0 Å². The van der Waals surface area contributed by atoms with Gasteiger partial charge in [0.05, 0.1) is 7.11 Å². The summed E-state index contributed by atoms with van der Waals surface area (Å²) in [5.74, 6) is 2.87. The highest BCUT2D eigenvalue weighted by molar-refractivity contribution is 7.99. The number of rotatable bonds is 3. The first-order chi connectivity index (χ1) is 8.86. The smallest absolute Gasteiger partial charge is 0.119 e. The van der Waals surface area contributed by atoms with Gasteiger partial charge in [-0.25, -0.2) is 0 Å². The monoisotopic (exact) mass is 264 g/mol. The topological polar surface area (TPSA) is 24.5 Å². The van der Waals surface area contributed by atoms with E-state index in [1.165, 1.54) is 35.8 Å². The molecule has 1 aromatic carbocycles. The summed E-state index contributed by atoms with van der Waals surface area (Å²) in [6.07, 6.45) is 0. The minimum Gasteiger partial charge on any atom is -0.497 e. The fourth-order valence-electron chi connectivity index (χ4n) is 2.74. The van der Waals surface area contributed by atoms with Gasteiger partial charge in [-0.15, -0.1) is 11.8 Å². The van der Waals surface area contributed by atoms with E-state index in [0.717, 1.165) is 18.8 Å². The fourth-order valence-corrected chi connectivity index (χ4v) is 3.96. The number of nitrogens with zero attached hydrogens (tertiary/aromatic N) is 1. The predicted octanol–water partition coefficient (Wildman–Crippen LogP) is 1.79. The number of nitrogens with one attached hydrogen (secondary N) is 1. The van der Waals surface area contributed by atoms with Crippen molar-refractivity contribution in [1.29, 1.82) is 0 Å². The summed E-state index contributed by atoms with van der Waals surface area (Å²) in [6, 6.07) is 6.50. The van der Waals surface area contributed by atoms with Gasteiger partial charge in [0.25, 0.3) is 0 Å². The molecule has 1 saturated heterocycles. The van der Waals surface area contributed by atoms with Gasteiger partial charge in [-0.2, -0.15) is 0 Å². The molecule has 1 aromatic rings. The average Bonchev–Trinajstić information content (AvgIpc) is 2.82. The Hall–Kier alpha value is -0.710. The number of hydrogen-bond donors (Lipinski definition) is 1. The summed E-state index contributed by atoms with van der Waals surface area (Å²) in [6.45, 7) is 5.81. The molecule has 1 N–H and O–H groups in total. The van der Waals surface area contributed by atoms with Crippen LogP contribution in [0.3, 0.4) is 0 Å². The van der Waals surface area contributed by atoms with Crippen LogP contribution in [0.2, 0.25) is 0 Å². The van der Waals surface area contributed by atoms with Crippen LogP contribution in [-0.2, 0) is 0 Å². The van der Waals surface area contributed by atoms with Crippen LogP contribution in [0.4, 0.5) is 0 Å². The molecule has 1 atom stereocenters. The summed E-state index contributed by atoms with van der Waals surface area (Å²) in [5, 5.41) is 3.41. The van der Waals surface area contributed by atoms with Crippen molar-refractivity contribution in [2.75, 3.05) is 45.6 Å². The molecule has 0 aliphatic carbocycles. The Kier molecular flexibility index (Phi) is 3.77. The van der Waals surface area contributed by atoms with Gasteiger partial charge in [0.1, 0.15) is 5.75 Å². The van der Waals surface area contributed by atoms with Gasteiger partial charge in [-0.05, 0) is 23.8 Å². The molecule has 2 aliphatic heterocycles. The molecule has 0 spiro atoms. The van der Waals surface area contributed by atoms with Gasteiger partial charge in [0.15, 0.2) is 0 Å². The lowest BCUT2D eigenvalue weighted by Gasteiger charge is -2.29. The lowest BCUT2D eigenvalue weighted by Crippen LogP contribution is -2.45. The molecule has 3 nitrogen and oxygen atoms in total. The molecule has 2 heterocycles. The van der Waals surface area contributed by atoms with Crippen molar-refractivity contribution < 1.29 is 4.74 Å². The van der Waals surface area contributed by atoms with Gasteiger partial charge in [-0.1, -0.05) is 0 Å². The number of fused-ring (bicyclic) bond motifs is 1. The van der Waals surface area contributed by atoms with E-state index < -0.39 is 0 Å². The normalized spacial score (nSPS) is 23.9. The van der Waals surface area contributed by atoms with Crippen molar-refractivity contribution in [1.82, 2.24) is 10.2 Å². The Morgan fingerprint density at radius 3 is 3.00 bits per heavy atom. The van der Waals surface area contributed by atoms with E-state index in [2.05, 4.69) is 28.4 Å². The molecule has 98 valence electrons. The summed E-state index contributed by atoms with van der Waals surface area (Å²) in [4.78, 5) is 4.02. The minimum atomic E-state index is 0.665. The maximum absolute atomic E-state index is 5.34. The fraction of sp³-hybridized carbons (Fsp3) is 0.571. The molecule has 0 amide bonds. The van der Waals surface area contributed by atoms with E-state index in [9.17, 15) is 0 Å². The van der Waals surface area contributed by atoms with Crippen molar-refractivity contribution >= 4 is 11.8 Å². The molecule has 3 rings (SSSR count). The Morgan fingerprint density at radius 1 is 1.39 bits per heavy atom. The Bertz CT molecular complexity index is 418. The maximum atomic E-state index is 5.34. The number of hydrogen-bond acceptors (Lipinski definition) is 4. The maximum Gasteiger partial charge on any atom is 0.119 e. The zero-order valence-electron chi connectivity index (χ0n) is 10.8. The van der Waals surface area contributed by atoms with Crippen LogP contribution < -0.4 is 10.1 Å². The Labute approximate surface area is 113 Å². The summed E-state index contributed by atoms with van der Waals surface area (Å²) >= 11 is 1.99. The molecule has 1 unspecified atom stereocenters. The lowest BCUT2D eigenvalue weighted by molar-refractivity contribution is 0.231. The Morgan fingerprint density at radius 2 is 2.22 bits per heavy atom.